The lowest BCUT2D eigenvalue weighted by Gasteiger charge is -2.24. The Morgan fingerprint density at radius 2 is 2.13 bits per heavy atom. The highest BCUT2D eigenvalue weighted by molar-refractivity contribution is 7.09. The summed E-state index contributed by atoms with van der Waals surface area (Å²) in [4.78, 5) is 6.29. The minimum atomic E-state index is 0.666. The number of nitrogens with one attached hydrogen (secondary N) is 1. The van der Waals surface area contributed by atoms with Gasteiger partial charge in [-0.15, -0.1) is 11.3 Å². The van der Waals surface area contributed by atoms with Crippen LogP contribution in [0, 0.1) is 0 Å². The summed E-state index contributed by atoms with van der Waals surface area (Å²) >= 11 is 1.82. The van der Waals surface area contributed by atoms with E-state index in [0.29, 0.717) is 6.04 Å². The zero-order valence-corrected chi connectivity index (χ0v) is 14.2. The van der Waals surface area contributed by atoms with Crippen molar-refractivity contribution in [3.8, 4) is 0 Å². The first-order valence-electron chi connectivity index (χ1n) is 8.60. The van der Waals surface area contributed by atoms with Crippen molar-refractivity contribution in [3.05, 3.63) is 52.5 Å². The Labute approximate surface area is 141 Å². The molecule has 23 heavy (non-hydrogen) atoms. The van der Waals surface area contributed by atoms with Crippen LogP contribution in [-0.4, -0.2) is 22.1 Å². The van der Waals surface area contributed by atoms with Gasteiger partial charge in [-0.05, 0) is 49.4 Å². The van der Waals surface area contributed by atoms with E-state index in [1.165, 1.54) is 48.4 Å². The molecule has 0 aliphatic carbocycles. The molecule has 1 N–H and O–H groups in total. The first-order chi connectivity index (χ1) is 11.4. The predicted molar refractivity (Wildman–Crippen MR) is 97.1 cm³/mol. The summed E-state index contributed by atoms with van der Waals surface area (Å²) in [5.74, 6) is 1.20. The predicted octanol–water partition coefficient (Wildman–Crippen LogP) is 4.22. The molecule has 4 heteroatoms. The number of hydrogen-bond donors (Lipinski definition) is 1. The summed E-state index contributed by atoms with van der Waals surface area (Å²) in [5.41, 5.74) is 2.39. The quantitative estimate of drug-likeness (QED) is 0.761. The van der Waals surface area contributed by atoms with Crippen LogP contribution in [0.5, 0.6) is 0 Å². The molecule has 1 saturated heterocycles. The Morgan fingerprint density at radius 1 is 1.17 bits per heavy atom. The van der Waals surface area contributed by atoms with Crippen LogP contribution < -0.4 is 5.32 Å². The van der Waals surface area contributed by atoms with Gasteiger partial charge < -0.3 is 9.88 Å². The van der Waals surface area contributed by atoms with Crippen molar-refractivity contribution in [1.82, 2.24) is 14.9 Å². The standard InChI is InChI=1S/C19H23N3S/c1-2-9-18-17(8-1)21-19(14-16-7-5-13-23-16)22(18)12-10-15-6-3-4-11-20-15/h1-2,5,7-9,13,15,20H,3-4,6,10-12,14H2. The van der Waals surface area contributed by atoms with Crippen molar-refractivity contribution in [2.24, 2.45) is 0 Å². The third kappa shape index (κ3) is 3.33. The highest BCUT2D eigenvalue weighted by atomic mass is 32.1. The molecule has 3 nitrogen and oxygen atoms in total. The number of para-hydroxylation sites is 2. The zero-order valence-electron chi connectivity index (χ0n) is 13.4. The highest BCUT2D eigenvalue weighted by Crippen LogP contribution is 2.22. The van der Waals surface area contributed by atoms with Gasteiger partial charge in [0.15, 0.2) is 0 Å². The van der Waals surface area contributed by atoms with Crippen molar-refractivity contribution in [2.45, 2.75) is 44.7 Å². The van der Waals surface area contributed by atoms with E-state index in [-0.39, 0.29) is 0 Å². The summed E-state index contributed by atoms with van der Waals surface area (Å²) in [6.45, 7) is 2.23. The van der Waals surface area contributed by atoms with Gasteiger partial charge in [-0.25, -0.2) is 4.98 Å². The lowest BCUT2D eigenvalue weighted by molar-refractivity contribution is 0.367. The van der Waals surface area contributed by atoms with Crippen molar-refractivity contribution in [3.63, 3.8) is 0 Å². The third-order valence-electron chi connectivity index (χ3n) is 4.76. The number of piperidine rings is 1. The summed E-state index contributed by atoms with van der Waals surface area (Å²) in [5, 5.41) is 5.81. The van der Waals surface area contributed by atoms with E-state index in [0.717, 1.165) is 18.5 Å². The van der Waals surface area contributed by atoms with Gasteiger partial charge in [-0.3, -0.25) is 0 Å². The summed E-state index contributed by atoms with van der Waals surface area (Å²) in [6.07, 6.45) is 6.13. The second-order valence-electron chi connectivity index (χ2n) is 6.36. The molecule has 0 bridgehead atoms. The number of thiophene rings is 1. The highest BCUT2D eigenvalue weighted by Gasteiger charge is 2.15. The maximum atomic E-state index is 4.90. The van der Waals surface area contributed by atoms with Gasteiger partial charge >= 0.3 is 0 Å². The maximum absolute atomic E-state index is 4.90. The van der Waals surface area contributed by atoms with Gasteiger partial charge in [0, 0.05) is 23.9 Å². The van der Waals surface area contributed by atoms with Crippen LogP contribution in [0.2, 0.25) is 0 Å². The van der Waals surface area contributed by atoms with Crippen LogP contribution in [0.15, 0.2) is 41.8 Å². The fraction of sp³-hybridized carbons (Fsp3) is 0.421. The molecule has 1 aliphatic rings. The van der Waals surface area contributed by atoms with E-state index in [1.54, 1.807) is 0 Å². The average molecular weight is 325 g/mol. The van der Waals surface area contributed by atoms with Gasteiger partial charge in [0.1, 0.15) is 5.82 Å². The Morgan fingerprint density at radius 3 is 2.96 bits per heavy atom. The second-order valence-corrected chi connectivity index (χ2v) is 7.39. The molecular formula is C19H23N3S. The monoisotopic (exact) mass is 325 g/mol. The van der Waals surface area contributed by atoms with Gasteiger partial charge in [-0.2, -0.15) is 0 Å². The summed E-state index contributed by atoms with van der Waals surface area (Å²) in [7, 11) is 0. The van der Waals surface area contributed by atoms with Gasteiger partial charge in [0.2, 0.25) is 0 Å². The molecule has 4 rings (SSSR count). The van der Waals surface area contributed by atoms with Gasteiger partial charge in [0.05, 0.1) is 11.0 Å². The number of benzene rings is 1. The Bertz CT molecular complexity index is 754. The maximum Gasteiger partial charge on any atom is 0.115 e. The minimum absolute atomic E-state index is 0.666. The normalized spacial score (nSPS) is 18.5. The first kappa shape index (κ1) is 14.9. The molecule has 1 aromatic carbocycles. The van der Waals surface area contributed by atoms with E-state index in [1.807, 2.05) is 11.3 Å². The van der Waals surface area contributed by atoms with Crippen molar-refractivity contribution >= 4 is 22.4 Å². The molecule has 3 heterocycles. The average Bonchev–Trinajstić information content (AvgIpc) is 3.22. The van der Waals surface area contributed by atoms with Crippen LogP contribution in [0.4, 0.5) is 0 Å². The fourth-order valence-electron chi connectivity index (χ4n) is 3.53. The third-order valence-corrected chi connectivity index (χ3v) is 5.64. The molecule has 0 radical (unpaired) electrons. The largest absolute Gasteiger partial charge is 0.328 e. The van der Waals surface area contributed by atoms with E-state index in [9.17, 15) is 0 Å². The number of hydrogen-bond acceptors (Lipinski definition) is 3. The number of fused-ring (bicyclic) bond motifs is 1. The van der Waals surface area contributed by atoms with Crippen molar-refractivity contribution in [2.75, 3.05) is 6.54 Å². The Hall–Kier alpha value is -1.65. The molecule has 2 aromatic heterocycles. The second kappa shape index (κ2) is 6.85. The van der Waals surface area contributed by atoms with Gasteiger partial charge in [0.25, 0.3) is 0 Å². The fourth-order valence-corrected chi connectivity index (χ4v) is 4.24. The Balaban J connectivity index is 1.59. The lowest BCUT2D eigenvalue weighted by atomic mass is 10.0. The van der Waals surface area contributed by atoms with Crippen LogP contribution >= 0.6 is 11.3 Å². The van der Waals surface area contributed by atoms with Crippen molar-refractivity contribution in [1.29, 1.82) is 0 Å². The van der Waals surface area contributed by atoms with Gasteiger partial charge in [-0.1, -0.05) is 24.6 Å². The molecule has 0 saturated carbocycles. The molecule has 1 aliphatic heterocycles. The number of nitrogens with zero attached hydrogens (tertiary/aromatic N) is 2. The molecule has 1 unspecified atom stereocenters. The molecule has 0 amide bonds. The van der Waals surface area contributed by atoms with Crippen LogP contribution in [0.3, 0.4) is 0 Å². The number of aromatic nitrogens is 2. The molecule has 3 aromatic rings. The summed E-state index contributed by atoms with van der Waals surface area (Å²) in [6, 6.07) is 13.5. The SMILES string of the molecule is c1csc(Cc2nc3ccccc3n2CCC2CCCCN2)c1. The van der Waals surface area contributed by atoms with E-state index < -0.39 is 0 Å². The van der Waals surface area contributed by atoms with Crippen molar-refractivity contribution < 1.29 is 0 Å². The topological polar surface area (TPSA) is 29.9 Å². The molecule has 1 atom stereocenters. The Kier molecular flexibility index (Phi) is 4.44. The smallest absolute Gasteiger partial charge is 0.115 e. The van der Waals surface area contributed by atoms with Crippen LogP contribution in [0.1, 0.15) is 36.4 Å². The minimum Gasteiger partial charge on any atom is -0.328 e. The number of rotatable bonds is 5. The van der Waals surface area contributed by atoms with Crippen LogP contribution in [-0.2, 0) is 13.0 Å². The molecule has 1 fully saturated rings. The molecule has 0 spiro atoms. The van der Waals surface area contributed by atoms with E-state index in [2.05, 4.69) is 51.7 Å². The molecule has 120 valence electrons. The number of aryl methyl sites for hydroxylation is 1. The van der Waals surface area contributed by atoms with E-state index >= 15 is 0 Å². The first-order valence-corrected chi connectivity index (χ1v) is 9.48. The van der Waals surface area contributed by atoms with E-state index in [4.69, 9.17) is 4.98 Å². The summed E-state index contributed by atoms with van der Waals surface area (Å²) < 4.78 is 2.44. The number of imidazole rings is 1. The van der Waals surface area contributed by atoms with Crippen LogP contribution in [0.25, 0.3) is 11.0 Å². The zero-order chi connectivity index (χ0) is 15.5. The molecular weight excluding hydrogens is 302 g/mol. The lowest BCUT2D eigenvalue weighted by Crippen LogP contribution is -2.34.